The molecule has 0 radical (unpaired) electrons. The Balaban J connectivity index is 2.72. The van der Waals surface area contributed by atoms with Crippen LogP contribution in [-0.2, 0) is 4.79 Å². The number of carbonyl (C=O) groups excluding carboxylic acids is 1. The Hall–Kier alpha value is -1.98. The van der Waals surface area contributed by atoms with Crippen molar-refractivity contribution in [1.29, 1.82) is 0 Å². The van der Waals surface area contributed by atoms with E-state index in [0.717, 1.165) is 0 Å². The maximum atomic E-state index is 11.7. The first-order valence-corrected chi connectivity index (χ1v) is 7.11. The Morgan fingerprint density at radius 2 is 2.10 bits per heavy atom. The van der Waals surface area contributed by atoms with E-state index in [1.54, 1.807) is 19.2 Å². The lowest BCUT2D eigenvalue weighted by Gasteiger charge is -2.23. The lowest BCUT2D eigenvalue weighted by Crippen LogP contribution is -2.39. The number of amides is 1. The van der Waals surface area contributed by atoms with Crippen molar-refractivity contribution in [3.05, 3.63) is 12.1 Å². The summed E-state index contributed by atoms with van der Waals surface area (Å²) >= 11 is 0. The highest BCUT2D eigenvalue weighted by Crippen LogP contribution is 2.23. The van der Waals surface area contributed by atoms with Crippen LogP contribution in [0, 0.1) is 11.3 Å². The molecule has 0 atom stereocenters. The van der Waals surface area contributed by atoms with Gasteiger partial charge in [0.15, 0.2) is 0 Å². The number of carbonyl (C=O) groups is 1. The van der Waals surface area contributed by atoms with Gasteiger partial charge in [0.1, 0.15) is 5.82 Å². The van der Waals surface area contributed by atoms with E-state index < -0.39 is 5.41 Å². The van der Waals surface area contributed by atoms with E-state index in [1.807, 2.05) is 13.8 Å². The Labute approximate surface area is 126 Å². The molecule has 0 aliphatic carbocycles. The topological polar surface area (TPSA) is 89.3 Å². The highest BCUT2D eigenvalue weighted by atomic mass is 16.5. The first-order valence-electron chi connectivity index (χ1n) is 7.11. The average Bonchev–Trinajstić information content (AvgIpc) is 2.43. The van der Waals surface area contributed by atoms with Gasteiger partial charge in [0.05, 0.1) is 17.7 Å². The smallest absolute Gasteiger partial charge is 0.239 e. The van der Waals surface area contributed by atoms with Gasteiger partial charge in [0.2, 0.25) is 11.8 Å². The Bertz CT molecular complexity index is 487. The molecule has 6 nitrogen and oxygen atoms in total. The van der Waals surface area contributed by atoms with Gasteiger partial charge >= 0.3 is 0 Å². The second-order valence-electron chi connectivity index (χ2n) is 6.11. The summed E-state index contributed by atoms with van der Waals surface area (Å²) in [5, 5.41) is 5.80. The molecule has 0 spiro atoms. The predicted octanol–water partition coefficient (Wildman–Crippen LogP) is 1.88. The molecule has 21 heavy (non-hydrogen) atoms. The van der Waals surface area contributed by atoms with Gasteiger partial charge in [-0.2, -0.15) is 4.98 Å². The van der Waals surface area contributed by atoms with E-state index in [4.69, 9.17) is 10.5 Å². The lowest BCUT2D eigenvalue weighted by atomic mass is 9.92. The molecule has 6 heteroatoms. The summed E-state index contributed by atoms with van der Waals surface area (Å²) in [5.74, 6) is 1.43. The van der Waals surface area contributed by atoms with Crippen molar-refractivity contribution in [3.63, 3.8) is 0 Å². The number of hydrogen-bond acceptors (Lipinski definition) is 5. The van der Waals surface area contributed by atoms with Gasteiger partial charge < -0.3 is 21.1 Å². The molecule has 0 aliphatic rings. The fourth-order valence-electron chi connectivity index (χ4n) is 1.64. The summed E-state index contributed by atoms with van der Waals surface area (Å²) in [6.45, 7) is 8.88. The predicted molar refractivity (Wildman–Crippen MR) is 85.3 cm³/mol. The van der Waals surface area contributed by atoms with Crippen LogP contribution in [0.3, 0.4) is 0 Å². The zero-order chi connectivity index (χ0) is 16.0. The van der Waals surface area contributed by atoms with Crippen LogP contribution in [0.15, 0.2) is 12.1 Å². The Morgan fingerprint density at radius 1 is 1.43 bits per heavy atom. The van der Waals surface area contributed by atoms with Gasteiger partial charge in [-0.15, -0.1) is 0 Å². The fraction of sp³-hybridized carbons (Fsp3) is 0.600. The molecule has 1 heterocycles. The van der Waals surface area contributed by atoms with Crippen molar-refractivity contribution in [1.82, 2.24) is 10.3 Å². The molecule has 0 aliphatic heterocycles. The van der Waals surface area contributed by atoms with Crippen LogP contribution in [0.4, 0.5) is 11.5 Å². The number of anilines is 2. The van der Waals surface area contributed by atoms with Crippen LogP contribution in [0.1, 0.15) is 27.7 Å². The third-order valence-corrected chi connectivity index (χ3v) is 3.00. The van der Waals surface area contributed by atoms with Crippen LogP contribution in [0.25, 0.3) is 0 Å². The molecular formula is C15H26N4O2. The summed E-state index contributed by atoms with van der Waals surface area (Å²) in [5.41, 5.74) is 5.82. The van der Waals surface area contributed by atoms with Gasteiger partial charge in [-0.1, -0.05) is 13.8 Å². The van der Waals surface area contributed by atoms with Crippen LogP contribution < -0.4 is 21.1 Å². The van der Waals surface area contributed by atoms with Gasteiger partial charge in [-0.3, -0.25) is 4.79 Å². The lowest BCUT2D eigenvalue weighted by molar-refractivity contribution is -0.128. The first-order chi connectivity index (χ1) is 9.76. The molecule has 1 aromatic rings. The molecule has 118 valence electrons. The second-order valence-corrected chi connectivity index (χ2v) is 6.11. The molecule has 0 aromatic carbocycles. The summed E-state index contributed by atoms with van der Waals surface area (Å²) in [7, 11) is 1.63. The minimum Gasteiger partial charge on any atom is -0.476 e. The molecule has 1 aromatic heterocycles. The third-order valence-electron chi connectivity index (χ3n) is 3.00. The summed E-state index contributed by atoms with van der Waals surface area (Å²) < 4.78 is 5.58. The number of nitrogen functional groups attached to an aromatic ring is 1. The number of pyridine rings is 1. The van der Waals surface area contributed by atoms with Crippen LogP contribution >= 0.6 is 0 Å². The molecule has 0 saturated heterocycles. The normalized spacial score (nSPS) is 11.3. The SMILES string of the molecule is CNC(=O)C(C)(C)CNc1ccc(N)c(OCC(C)C)n1. The number of nitrogens with two attached hydrogens (primary N) is 1. The molecular weight excluding hydrogens is 268 g/mol. The standard InChI is InChI=1S/C15H26N4O2/c1-10(2)8-21-13-11(16)6-7-12(19-13)18-9-15(3,4)14(20)17-5/h6-7,10H,8-9,16H2,1-5H3,(H,17,20)(H,18,19). The van der Waals surface area contributed by atoms with Crippen molar-refractivity contribution in [3.8, 4) is 5.88 Å². The quantitative estimate of drug-likeness (QED) is 0.714. The minimum absolute atomic E-state index is 0.0262. The number of ether oxygens (including phenoxy) is 1. The monoisotopic (exact) mass is 294 g/mol. The highest BCUT2D eigenvalue weighted by Gasteiger charge is 2.26. The van der Waals surface area contributed by atoms with E-state index in [0.29, 0.717) is 36.5 Å². The van der Waals surface area contributed by atoms with E-state index in [1.165, 1.54) is 0 Å². The van der Waals surface area contributed by atoms with Gasteiger partial charge in [-0.05, 0) is 31.9 Å². The minimum atomic E-state index is -0.531. The molecule has 1 rings (SSSR count). The fourth-order valence-corrected chi connectivity index (χ4v) is 1.64. The Morgan fingerprint density at radius 3 is 2.67 bits per heavy atom. The molecule has 0 bridgehead atoms. The highest BCUT2D eigenvalue weighted by molar-refractivity contribution is 5.82. The van der Waals surface area contributed by atoms with Crippen molar-refractivity contribution in [2.75, 3.05) is 31.2 Å². The summed E-state index contributed by atoms with van der Waals surface area (Å²) in [4.78, 5) is 16.1. The van der Waals surface area contributed by atoms with Gasteiger partial charge in [0, 0.05) is 13.6 Å². The van der Waals surface area contributed by atoms with Crippen LogP contribution in [0.2, 0.25) is 0 Å². The number of nitrogens with zero attached hydrogens (tertiary/aromatic N) is 1. The average molecular weight is 294 g/mol. The zero-order valence-corrected chi connectivity index (χ0v) is 13.5. The summed E-state index contributed by atoms with van der Waals surface area (Å²) in [6.07, 6.45) is 0. The zero-order valence-electron chi connectivity index (χ0n) is 13.5. The first kappa shape index (κ1) is 17.1. The summed E-state index contributed by atoms with van der Waals surface area (Å²) in [6, 6.07) is 3.52. The van der Waals surface area contributed by atoms with Crippen molar-refractivity contribution in [2.45, 2.75) is 27.7 Å². The van der Waals surface area contributed by atoms with Crippen LogP contribution in [-0.4, -0.2) is 31.1 Å². The van der Waals surface area contributed by atoms with Crippen molar-refractivity contribution in [2.24, 2.45) is 11.3 Å². The molecule has 4 N–H and O–H groups in total. The van der Waals surface area contributed by atoms with E-state index in [-0.39, 0.29) is 5.91 Å². The van der Waals surface area contributed by atoms with Gasteiger partial charge in [0.25, 0.3) is 0 Å². The maximum Gasteiger partial charge on any atom is 0.239 e. The molecule has 1 amide bonds. The van der Waals surface area contributed by atoms with E-state index in [2.05, 4.69) is 29.5 Å². The Kier molecular flexibility index (Phi) is 5.81. The second kappa shape index (κ2) is 7.15. The number of aromatic nitrogens is 1. The van der Waals surface area contributed by atoms with Crippen LogP contribution in [0.5, 0.6) is 5.88 Å². The number of nitrogens with one attached hydrogen (secondary N) is 2. The van der Waals surface area contributed by atoms with E-state index >= 15 is 0 Å². The van der Waals surface area contributed by atoms with Gasteiger partial charge in [-0.25, -0.2) is 0 Å². The number of hydrogen-bond donors (Lipinski definition) is 3. The number of rotatable bonds is 7. The molecule has 0 fully saturated rings. The van der Waals surface area contributed by atoms with Crippen molar-refractivity contribution < 1.29 is 9.53 Å². The maximum absolute atomic E-state index is 11.7. The third kappa shape index (κ3) is 5.13. The van der Waals surface area contributed by atoms with Crippen molar-refractivity contribution >= 4 is 17.4 Å². The van der Waals surface area contributed by atoms with E-state index in [9.17, 15) is 4.79 Å². The molecule has 0 saturated carbocycles. The largest absolute Gasteiger partial charge is 0.476 e. The molecule has 0 unspecified atom stereocenters.